The lowest BCUT2D eigenvalue weighted by Gasteiger charge is -2.13. The molecule has 142 valence electrons. The molecule has 0 radical (unpaired) electrons. The maximum atomic E-state index is 6.23. The molecule has 2 aromatic carbocycles. The number of aliphatic imine (C=N–C) groups is 1. The standard InChI is InChI=1S/C20H22ClN5.HI/c1-2-23-20(24-13-16-7-3-5-9-18(16)21)25-14-17-8-4-6-10-19(17)26-12-11-22-15-26;/h3-12,15H,2,13-14H2,1H3,(H2,23,24,25);1H. The quantitative estimate of drug-likeness (QED) is 0.303. The lowest BCUT2D eigenvalue weighted by molar-refractivity contribution is 0.815. The highest BCUT2D eigenvalue weighted by Crippen LogP contribution is 2.16. The average molecular weight is 496 g/mol. The van der Waals surface area contributed by atoms with Crippen molar-refractivity contribution in [2.45, 2.75) is 20.0 Å². The number of hydrogen-bond acceptors (Lipinski definition) is 2. The number of aromatic nitrogens is 2. The third-order valence-corrected chi connectivity index (χ3v) is 4.30. The molecule has 0 amide bonds. The van der Waals surface area contributed by atoms with Crippen LogP contribution in [0.4, 0.5) is 0 Å². The summed E-state index contributed by atoms with van der Waals surface area (Å²) in [6.07, 6.45) is 5.50. The van der Waals surface area contributed by atoms with Crippen LogP contribution in [0.5, 0.6) is 0 Å². The number of halogens is 2. The summed E-state index contributed by atoms with van der Waals surface area (Å²) in [6.45, 7) is 4.02. The first-order chi connectivity index (χ1) is 12.8. The lowest BCUT2D eigenvalue weighted by atomic mass is 10.2. The van der Waals surface area contributed by atoms with Crippen LogP contribution in [0.1, 0.15) is 18.1 Å². The maximum absolute atomic E-state index is 6.23. The van der Waals surface area contributed by atoms with Gasteiger partial charge < -0.3 is 15.2 Å². The van der Waals surface area contributed by atoms with Crippen molar-refractivity contribution in [2.75, 3.05) is 6.54 Å². The Balaban J connectivity index is 0.00000261. The molecule has 1 heterocycles. The fraction of sp³-hybridized carbons (Fsp3) is 0.200. The molecule has 7 heteroatoms. The van der Waals surface area contributed by atoms with Crippen LogP contribution in [0.15, 0.2) is 72.2 Å². The SMILES string of the molecule is CCNC(=NCc1ccccc1-n1ccnc1)NCc1ccccc1Cl.I. The van der Waals surface area contributed by atoms with Gasteiger partial charge >= 0.3 is 0 Å². The molecule has 0 bridgehead atoms. The van der Waals surface area contributed by atoms with Gasteiger partial charge in [0.1, 0.15) is 0 Å². The molecule has 3 rings (SSSR count). The second kappa shape index (κ2) is 10.9. The van der Waals surface area contributed by atoms with Gasteiger partial charge in [-0.2, -0.15) is 0 Å². The first kappa shape index (κ1) is 21.2. The molecule has 5 nitrogen and oxygen atoms in total. The summed E-state index contributed by atoms with van der Waals surface area (Å²) in [5.41, 5.74) is 3.25. The topological polar surface area (TPSA) is 54.2 Å². The van der Waals surface area contributed by atoms with Crippen molar-refractivity contribution in [1.29, 1.82) is 0 Å². The van der Waals surface area contributed by atoms with Crippen molar-refractivity contribution < 1.29 is 0 Å². The second-order valence-corrected chi connectivity index (χ2v) is 6.15. The number of guanidine groups is 1. The van der Waals surface area contributed by atoms with Crippen LogP contribution >= 0.6 is 35.6 Å². The van der Waals surface area contributed by atoms with Crippen molar-refractivity contribution in [3.8, 4) is 5.69 Å². The molecule has 0 aliphatic rings. The average Bonchev–Trinajstić information content (AvgIpc) is 3.20. The number of nitrogens with zero attached hydrogens (tertiary/aromatic N) is 3. The van der Waals surface area contributed by atoms with Crippen LogP contribution in [0, 0.1) is 0 Å². The summed E-state index contributed by atoms with van der Waals surface area (Å²) in [5.74, 6) is 0.757. The van der Waals surface area contributed by atoms with Crippen molar-refractivity contribution in [1.82, 2.24) is 20.2 Å². The Hall–Kier alpha value is -2.06. The van der Waals surface area contributed by atoms with Crippen LogP contribution in [-0.2, 0) is 13.1 Å². The smallest absolute Gasteiger partial charge is 0.191 e. The summed E-state index contributed by atoms with van der Waals surface area (Å²) < 4.78 is 1.99. The van der Waals surface area contributed by atoms with E-state index in [-0.39, 0.29) is 24.0 Å². The minimum atomic E-state index is 0. The van der Waals surface area contributed by atoms with Crippen molar-refractivity contribution in [2.24, 2.45) is 4.99 Å². The summed E-state index contributed by atoms with van der Waals surface area (Å²) in [4.78, 5) is 8.84. The minimum Gasteiger partial charge on any atom is -0.357 e. The number of benzene rings is 2. The minimum absolute atomic E-state index is 0. The fourth-order valence-electron chi connectivity index (χ4n) is 2.62. The van der Waals surface area contributed by atoms with Gasteiger partial charge in [-0.25, -0.2) is 9.98 Å². The second-order valence-electron chi connectivity index (χ2n) is 5.74. The van der Waals surface area contributed by atoms with E-state index in [4.69, 9.17) is 16.6 Å². The van der Waals surface area contributed by atoms with E-state index >= 15 is 0 Å². The highest BCUT2D eigenvalue weighted by Gasteiger charge is 2.05. The first-order valence-corrected chi connectivity index (χ1v) is 8.97. The van der Waals surface area contributed by atoms with Crippen molar-refractivity contribution in [3.63, 3.8) is 0 Å². The lowest BCUT2D eigenvalue weighted by Crippen LogP contribution is -2.36. The van der Waals surface area contributed by atoms with Gasteiger partial charge in [-0.1, -0.05) is 48.0 Å². The molecule has 0 fully saturated rings. The largest absolute Gasteiger partial charge is 0.357 e. The Morgan fingerprint density at radius 1 is 1.07 bits per heavy atom. The summed E-state index contributed by atoms with van der Waals surface area (Å²) >= 11 is 6.23. The van der Waals surface area contributed by atoms with Crippen LogP contribution in [0.25, 0.3) is 5.69 Å². The Kier molecular flexibility index (Phi) is 8.60. The molecule has 1 aromatic heterocycles. The van der Waals surface area contributed by atoms with E-state index in [2.05, 4.69) is 27.8 Å². The zero-order chi connectivity index (χ0) is 18.2. The molecule has 0 saturated heterocycles. The summed E-state index contributed by atoms with van der Waals surface area (Å²) in [7, 11) is 0. The van der Waals surface area contributed by atoms with Crippen molar-refractivity contribution in [3.05, 3.63) is 83.4 Å². The normalized spacial score (nSPS) is 11.0. The molecule has 0 spiro atoms. The molecule has 2 N–H and O–H groups in total. The van der Waals surface area contributed by atoms with Gasteiger partial charge in [0, 0.05) is 30.5 Å². The van der Waals surface area contributed by atoms with Crippen molar-refractivity contribution >= 4 is 41.5 Å². The number of rotatable bonds is 6. The monoisotopic (exact) mass is 495 g/mol. The zero-order valence-electron chi connectivity index (χ0n) is 15.1. The Labute approximate surface area is 181 Å². The molecular formula is C20H23ClIN5. The third-order valence-electron chi connectivity index (χ3n) is 3.93. The van der Waals surface area contributed by atoms with E-state index in [0.717, 1.165) is 34.3 Å². The van der Waals surface area contributed by atoms with Gasteiger partial charge in [0.05, 0.1) is 18.6 Å². The molecule has 0 aliphatic heterocycles. The Morgan fingerprint density at radius 2 is 1.81 bits per heavy atom. The Morgan fingerprint density at radius 3 is 2.52 bits per heavy atom. The molecular weight excluding hydrogens is 473 g/mol. The summed E-state index contributed by atoms with van der Waals surface area (Å²) in [5, 5.41) is 7.36. The molecule has 27 heavy (non-hydrogen) atoms. The van der Waals surface area contributed by atoms with Crippen LogP contribution in [-0.4, -0.2) is 22.1 Å². The predicted molar refractivity (Wildman–Crippen MR) is 122 cm³/mol. The molecule has 0 unspecified atom stereocenters. The molecule has 3 aromatic rings. The highest BCUT2D eigenvalue weighted by molar-refractivity contribution is 14.0. The maximum Gasteiger partial charge on any atom is 0.191 e. The third kappa shape index (κ3) is 5.97. The van der Waals surface area contributed by atoms with Gasteiger partial charge in [-0.3, -0.25) is 0 Å². The van der Waals surface area contributed by atoms with E-state index in [1.807, 2.05) is 54.1 Å². The van der Waals surface area contributed by atoms with Crippen LogP contribution in [0.3, 0.4) is 0 Å². The fourth-order valence-corrected chi connectivity index (χ4v) is 2.83. The molecule has 0 saturated carbocycles. The van der Waals surface area contributed by atoms with E-state index in [0.29, 0.717) is 13.1 Å². The highest BCUT2D eigenvalue weighted by atomic mass is 127. The Bertz CT molecular complexity index is 864. The van der Waals surface area contributed by atoms with E-state index in [1.165, 1.54) is 0 Å². The van der Waals surface area contributed by atoms with E-state index in [1.54, 1.807) is 12.5 Å². The zero-order valence-corrected chi connectivity index (χ0v) is 18.2. The van der Waals surface area contributed by atoms with E-state index < -0.39 is 0 Å². The molecule has 0 atom stereocenters. The predicted octanol–water partition coefficient (Wildman–Crippen LogP) is 4.40. The molecule has 0 aliphatic carbocycles. The van der Waals surface area contributed by atoms with Gasteiger partial charge in [0.2, 0.25) is 0 Å². The van der Waals surface area contributed by atoms with Gasteiger partial charge in [-0.15, -0.1) is 24.0 Å². The van der Waals surface area contributed by atoms with E-state index in [9.17, 15) is 0 Å². The summed E-state index contributed by atoms with van der Waals surface area (Å²) in [6, 6.07) is 16.0. The number of para-hydroxylation sites is 1. The number of hydrogen-bond donors (Lipinski definition) is 2. The van der Waals surface area contributed by atoms with Crippen LogP contribution in [0.2, 0.25) is 5.02 Å². The van der Waals surface area contributed by atoms with Gasteiger partial charge in [0.15, 0.2) is 5.96 Å². The van der Waals surface area contributed by atoms with Crippen LogP contribution < -0.4 is 10.6 Å². The number of imidazole rings is 1. The van der Waals surface area contributed by atoms with Gasteiger partial charge in [0.25, 0.3) is 0 Å². The first-order valence-electron chi connectivity index (χ1n) is 8.59. The number of nitrogens with one attached hydrogen (secondary N) is 2. The van der Waals surface area contributed by atoms with Gasteiger partial charge in [-0.05, 0) is 30.2 Å².